The minimum Gasteiger partial charge on any atom is -0.496 e. The summed E-state index contributed by atoms with van der Waals surface area (Å²) >= 11 is 0. The number of ether oxygens (including phenoxy) is 2. The fourth-order valence-corrected chi connectivity index (χ4v) is 2.99. The summed E-state index contributed by atoms with van der Waals surface area (Å²) in [6.07, 6.45) is 0.238. The van der Waals surface area contributed by atoms with Crippen LogP contribution in [-0.2, 0) is 4.74 Å². The molecule has 4 nitrogen and oxygen atoms in total. The number of methoxy groups -OCH3 is 1. The van der Waals surface area contributed by atoms with Gasteiger partial charge in [-0.1, -0.05) is 18.2 Å². The van der Waals surface area contributed by atoms with Crippen molar-refractivity contribution in [3.05, 3.63) is 29.8 Å². The van der Waals surface area contributed by atoms with Crippen LogP contribution in [0.1, 0.15) is 32.4 Å². The lowest BCUT2D eigenvalue weighted by Crippen LogP contribution is -2.52. The van der Waals surface area contributed by atoms with Gasteiger partial charge in [0.1, 0.15) is 5.75 Å². The highest BCUT2D eigenvalue weighted by molar-refractivity contribution is 5.37. The predicted molar refractivity (Wildman–Crippen MR) is 81.0 cm³/mol. The number of hydrogen-bond donors (Lipinski definition) is 1. The second kappa shape index (κ2) is 6.57. The minimum atomic E-state index is 0.0269. The average Bonchev–Trinajstić information content (AvgIpc) is 2.43. The zero-order chi connectivity index (χ0) is 14.7. The quantitative estimate of drug-likeness (QED) is 0.917. The van der Waals surface area contributed by atoms with E-state index < -0.39 is 0 Å². The molecular formula is C16H26N2O2. The Kier molecular flexibility index (Phi) is 5.02. The average molecular weight is 278 g/mol. The topological polar surface area (TPSA) is 47.7 Å². The first-order valence-corrected chi connectivity index (χ1v) is 7.30. The van der Waals surface area contributed by atoms with Crippen LogP contribution in [0.25, 0.3) is 0 Å². The normalized spacial score (nSPS) is 27.1. The van der Waals surface area contributed by atoms with Gasteiger partial charge in [-0.25, -0.2) is 0 Å². The van der Waals surface area contributed by atoms with Crippen LogP contribution in [0.3, 0.4) is 0 Å². The van der Waals surface area contributed by atoms with Gasteiger partial charge >= 0.3 is 0 Å². The summed E-state index contributed by atoms with van der Waals surface area (Å²) in [5, 5.41) is 0. The number of hydrogen-bond acceptors (Lipinski definition) is 4. The van der Waals surface area contributed by atoms with Gasteiger partial charge in [0.15, 0.2) is 0 Å². The van der Waals surface area contributed by atoms with E-state index in [4.69, 9.17) is 15.2 Å². The molecule has 0 aliphatic carbocycles. The molecule has 1 saturated heterocycles. The van der Waals surface area contributed by atoms with Crippen LogP contribution in [0.2, 0.25) is 0 Å². The van der Waals surface area contributed by atoms with E-state index >= 15 is 0 Å². The van der Waals surface area contributed by atoms with Crippen LogP contribution in [-0.4, -0.2) is 43.3 Å². The lowest BCUT2D eigenvalue weighted by atomic mass is 9.95. The molecule has 0 radical (unpaired) electrons. The van der Waals surface area contributed by atoms with Gasteiger partial charge in [-0.15, -0.1) is 0 Å². The van der Waals surface area contributed by atoms with Crippen molar-refractivity contribution < 1.29 is 9.47 Å². The Morgan fingerprint density at radius 2 is 2.05 bits per heavy atom. The summed E-state index contributed by atoms with van der Waals surface area (Å²) in [6, 6.07) is 8.67. The fraction of sp³-hybridized carbons (Fsp3) is 0.625. The van der Waals surface area contributed by atoms with Gasteiger partial charge in [0, 0.05) is 24.2 Å². The predicted octanol–water partition coefficient (Wildman–Crippen LogP) is 2.19. The first kappa shape index (κ1) is 15.3. The van der Waals surface area contributed by atoms with Crippen LogP contribution >= 0.6 is 0 Å². The number of nitrogens with zero attached hydrogens (tertiary/aromatic N) is 1. The van der Waals surface area contributed by atoms with Crippen molar-refractivity contribution in [3.63, 3.8) is 0 Å². The molecule has 1 aromatic carbocycles. The van der Waals surface area contributed by atoms with E-state index in [-0.39, 0.29) is 18.2 Å². The maximum absolute atomic E-state index is 6.29. The smallest absolute Gasteiger partial charge is 0.123 e. The zero-order valence-electron chi connectivity index (χ0n) is 12.9. The molecule has 4 heteroatoms. The Morgan fingerprint density at radius 1 is 1.35 bits per heavy atom. The van der Waals surface area contributed by atoms with Crippen molar-refractivity contribution in [1.29, 1.82) is 0 Å². The summed E-state index contributed by atoms with van der Waals surface area (Å²) in [6.45, 7) is 8.00. The van der Waals surface area contributed by atoms with Crippen LogP contribution < -0.4 is 10.5 Å². The van der Waals surface area contributed by atoms with Crippen molar-refractivity contribution >= 4 is 0 Å². The summed E-state index contributed by atoms with van der Waals surface area (Å²) < 4.78 is 11.2. The van der Waals surface area contributed by atoms with Gasteiger partial charge in [-0.3, -0.25) is 4.90 Å². The number of nitrogens with two attached hydrogens (primary N) is 1. The number of rotatable bonds is 4. The molecule has 1 aliphatic rings. The minimum absolute atomic E-state index is 0.0269. The molecule has 1 aromatic rings. The fourth-order valence-electron chi connectivity index (χ4n) is 2.99. The Hall–Kier alpha value is -1.10. The standard InChI is InChI=1S/C16H26N2O2/c1-11-10-20-12(2)9-18(11)16(13(3)17)14-7-5-6-8-15(14)19-4/h5-8,11-13,16H,9-10,17H2,1-4H3. The number of morpholine rings is 1. The molecule has 1 fully saturated rings. The molecule has 1 heterocycles. The zero-order valence-corrected chi connectivity index (χ0v) is 12.9. The van der Waals surface area contributed by atoms with Gasteiger partial charge in [-0.2, -0.15) is 0 Å². The van der Waals surface area contributed by atoms with E-state index in [0.717, 1.165) is 24.5 Å². The Balaban J connectivity index is 2.35. The van der Waals surface area contributed by atoms with Crippen molar-refractivity contribution in [2.24, 2.45) is 5.73 Å². The first-order chi connectivity index (χ1) is 9.54. The summed E-state index contributed by atoms with van der Waals surface area (Å²) in [4.78, 5) is 2.44. The second-order valence-electron chi connectivity index (χ2n) is 5.74. The third-order valence-corrected chi connectivity index (χ3v) is 3.97. The van der Waals surface area contributed by atoms with Gasteiger partial charge in [0.2, 0.25) is 0 Å². The van der Waals surface area contributed by atoms with E-state index in [2.05, 4.69) is 31.7 Å². The highest BCUT2D eigenvalue weighted by Gasteiger charge is 2.33. The Labute approximate surface area is 121 Å². The Bertz CT molecular complexity index is 436. The van der Waals surface area contributed by atoms with Crippen molar-refractivity contribution in [1.82, 2.24) is 4.90 Å². The van der Waals surface area contributed by atoms with Crippen LogP contribution in [0.4, 0.5) is 0 Å². The molecule has 4 atom stereocenters. The molecule has 0 amide bonds. The molecular weight excluding hydrogens is 252 g/mol. The third kappa shape index (κ3) is 3.14. The number of benzene rings is 1. The molecule has 112 valence electrons. The van der Waals surface area contributed by atoms with Gasteiger partial charge < -0.3 is 15.2 Å². The highest BCUT2D eigenvalue weighted by Crippen LogP contribution is 2.33. The van der Waals surface area contributed by atoms with Crippen molar-refractivity contribution in [2.45, 2.75) is 45.0 Å². The Morgan fingerprint density at radius 3 is 2.70 bits per heavy atom. The largest absolute Gasteiger partial charge is 0.496 e. The van der Waals surface area contributed by atoms with E-state index in [9.17, 15) is 0 Å². The van der Waals surface area contributed by atoms with Gasteiger partial charge in [0.25, 0.3) is 0 Å². The van der Waals surface area contributed by atoms with E-state index in [1.54, 1.807) is 7.11 Å². The van der Waals surface area contributed by atoms with Gasteiger partial charge in [-0.05, 0) is 26.8 Å². The van der Waals surface area contributed by atoms with Crippen LogP contribution in [0, 0.1) is 0 Å². The van der Waals surface area contributed by atoms with Crippen molar-refractivity contribution in [3.8, 4) is 5.75 Å². The molecule has 0 aromatic heterocycles. The maximum atomic E-state index is 6.29. The van der Waals surface area contributed by atoms with E-state index in [0.29, 0.717) is 6.04 Å². The molecule has 0 bridgehead atoms. The molecule has 20 heavy (non-hydrogen) atoms. The van der Waals surface area contributed by atoms with Crippen LogP contribution in [0.5, 0.6) is 5.75 Å². The molecule has 0 saturated carbocycles. The third-order valence-electron chi connectivity index (χ3n) is 3.97. The van der Waals surface area contributed by atoms with Gasteiger partial charge in [0.05, 0.1) is 25.9 Å². The first-order valence-electron chi connectivity index (χ1n) is 7.30. The van der Waals surface area contributed by atoms with E-state index in [1.165, 1.54) is 0 Å². The van der Waals surface area contributed by atoms with E-state index in [1.807, 2.05) is 18.2 Å². The molecule has 2 N–H and O–H groups in total. The van der Waals surface area contributed by atoms with Crippen LogP contribution in [0.15, 0.2) is 24.3 Å². The lowest BCUT2D eigenvalue weighted by Gasteiger charge is -2.43. The number of para-hydroxylation sites is 1. The highest BCUT2D eigenvalue weighted by atomic mass is 16.5. The molecule has 2 rings (SSSR count). The summed E-state index contributed by atoms with van der Waals surface area (Å²) in [5.41, 5.74) is 7.45. The molecule has 0 spiro atoms. The summed E-state index contributed by atoms with van der Waals surface area (Å²) in [7, 11) is 1.71. The molecule has 1 aliphatic heterocycles. The lowest BCUT2D eigenvalue weighted by molar-refractivity contribution is -0.0700. The summed E-state index contributed by atoms with van der Waals surface area (Å²) in [5.74, 6) is 0.904. The second-order valence-corrected chi connectivity index (χ2v) is 5.74. The monoisotopic (exact) mass is 278 g/mol. The molecule has 4 unspecified atom stereocenters. The maximum Gasteiger partial charge on any atom is 0.123 e. The SMILES string of the molecule is COc1ccccc1C(C(C)N)N1CC(C)OCC1C. The van der Waals surface area contributed by atoms with Crippen molar-refractivity contribution in [2.75, 3.05) is 20.3 Å².